The molecule has 9 heteroatoms. The summed E-state index contributed by atoms with van der Waals surface area (Å²) >= 11 is 0. The first-order chi connectivity index (χ1) is 11.0. The maximum Gasteiger partial charge on any atom is 0.262 e. The van der Waals surface area contributed by atoms with Gasteiger partial charge in [-0.1, -0.05) is 12.1 Å². The molecular weight excluding hydrogens is 340 g/mol. The van der Waals surface area contributed by atoms with Gasteiger partial charge in [0.25, 0.3) is 5.92 Å². The quantitative estimate of drug-likeness (QED) is 0.824. The lowest BCUT2D eigenvalue weighted by atomic mass is 10.1. The summed E-state index contributed by atoms with van der Waals surface area (Å²) in [4.78, 5) is 12.2. The third kappa shape index (κ3) is 4.08. The van der Waals surface area contributed by atoms with Gasteiger partial charge in [-0.3, -0.25) is 10.1 Å². The number of carbonyl (C=O) groups excluding carboxylic acids is 1. The number of rotatable bonds is 5. The number of nitrogens with one attached hydrogen (secondary N) is 2. The fraction of sp³-hybridized carbons (Fsp3) is 0.533. The van der Waals surface area contributed by atoms with Crippen molar-refractivity contribution in [2.75, 3.05) is 20.6 Å². The van der Waals surface area contributed by atoms with Crippen LogP contribution in [0.1, 0.15) is 24.9 Å². The van der Waals surface area contributed by atoms with Crippen LogP contribution >= 0.6 is 0 Å². The molecule has 2 unspecified atom stereocenters. The summed E-state index contributed by atoms with van der Waals surface area (Å²) in [6.45, 7) is 1.16. The lowest BCUT2D eigenvalue weighted by Gasteiger charge is -2.19. The summed E-state index contributed by atoms with van der Waals surface area (Å²) in [5, 5.41) is 5.13. The normalized spacial score (nSPS) is 21.7. The molecule has 1 heterocycles. The second-order valence-electron chi connectivity index (χ2n) is 6.08. The molecule has 2 N–H and O–H groups in total. The zero-order chi connectivity index (χ0) is 18.1. The highest BCUT2D eigenvalue weighted by atomic mass is 32.2. The first-order valence-electron chi connectivity index (χ1n) is 7.47. The van der Waals surface area contributed by atoms with E-state index in [-0.39, 0.29) is 4.90 Å². The van der Waals surface area contributed by atoms with Crippen LogP contribution in [0.5, 0.6) is 0 Å². The third-order valence-electron chi connectivity index (χ3n) is 3.92. The van der Waals surface area contributed by atoms with Crippen molar-refractivity contribution in [3.8, 4) is 0 Å². The fourth-order valence-electron chi connectivity index (χ4n) is 2.45. The van der Waals surface area contributed by atoms with Crippen LogP contribution in [0.3, 0.4) is 0 Å². The Morgan fingerprint density at radius 2 is 2.08 bits per heavy atom. The van der Waals surface area contributed by atoms with Gasteiger partial charge in [0.05, 0.1) is 23.5 Å². The Morgan fingerprint density at radius 1 is 1.42 bits per heavy atom. The molecule has 6 nitrogen and oxygen atoms in total. The Kier molecular flexibility index (Phi) is 5.26. The summed E-state index contributed by atoms with van der Waals surface area (Å²) in [7, 11) is -0.724. The van der Waals surface area contributed by atoms with Crippen LogP contribution in [0.25, 0.3) is 0 Å². The number of amides is 1. The highest BCUT2D eigenvalue weighted by molar-refractivity contribution is 7.89. The van der Waals surface area contributed by atoms with E-state index in [0.29, 0.717) is 5.56 Å². The van der Waals surface area contributed by atoms with E-state index in [1.165, 1.54) is 26.2 Å². The van der Waals surface area contributed by atoms with Crippen LogP contribution in [-0.4, -0.2) is 51.2 Å². The van der Waals surface area contributed by atoms with Crippen molar-refractivity contribution in [3.63, 3.8) is 0 Å². The Morgan fingerprint density at radius 3 is 2.62 bits per heavy atom. The molecule has 0 aliphatic carbocycles. The van der Waals surface area contributed by atoms with Gasteiger partial charge in [0.1, 0.15) is 0 Å². The maximum atomic E-state index is 13.2. The van der Waals surface area contributed by atoms with E-state index in [1.807, 2.05) is 0 Å². The molecular formula is C15H21F2N3O3S. The van der Waals surface area contributed by atoms with Gasteiger partial charge in [-0.05, 0) is 24.6 Å². The highest BCUT2D eigenvalue weighted by Crippen LogP contribution is 2.26. The number of carbonyl (C=O) groups is 1. The van der Waals surface area contributed by atoms with Gasteiger partial charge in [-0.2, -0.15) is 0 Å². The first-order valence-corrected chi connectivity index (χ1v) is 8.91. The zero-order valence-corrected chi connectivity index (χ0v) is 14.5. The van der Waals surface area contributed by atoms with Gasteiger partial charge in [-0.15, -0.1) is 0 Å². The maximum absolute atomic E-state index is 13.2. The number of alkyl halides is 2. The van der Waals surface area contributed by atoms with Gasteiger partial charge < -0.3 is 5.32 Å². The molecule has 0 saturated carbocycles. The molecule has 1 fully saturated rings. The summed E-state index contributed by atoms with van der Waals surface area (Å²) in [5.41, 5.74) is 0.580. The van der Waals surface area contributed by atoms with Gasteiger partial charge in [-0.25, -0.2) is 21.5 Å². The molecule has 1 aromatic carbocycles. The smallest absolute Gasteiger partial charge is 0.262 e. The van der Waals surface area contributed by atoms with Gasteiger partial charge in [0.15, 0.2) is 0 Å². The number of halogens is 2. The molecule has 1 aliphatic rings. The van der Waals surface area contributed by atoms with Crippen LogP contribution in [-0.2, 0) is 14.8 Å². The van der Waals surface area contributed by atoms with Crippen molar-refractivity contribution in [1.82, 2.24) is 14.9 Å². The van der Waals surface area contributed by atoms with Crippen molar-refractivity contribution < 1.29 is 22.0 Å². The first kappa shape index (κ1) is 18.8. The van der Waals surface area contributed by atoms with Crippen molar-refractivity contribution >= 4 is 15.9 Å². The predicted octanol–water partition coefficient (Wildman–Crippen LogP) is 1.11. The molecule has 0 radical (unpaired) electrons. The summed E-state index contributed by atoms with van der Waals surface area (Å²) in [6.07, 6.45) is -0.541. The minimum atomic E-state index is -3.58. The van der Waals surface area contributed by atoms with Crippen molar-refractivity contribution in [3.05, 3.63) is 29.8 Å². The van der Waals surface area contributed by atoms with E-state index in [2.05, 4.69) is 10.6 Å². The Bertz CT molecular complexity index is 722. The summed E-state index contributed by atoms with van der Waals surface area (Å²) in [5.74, 6) is -3.41. The molecule has 24 heavy (non-hydrogen) atoms. The SMILES string of the molecule is CC(NC(=O)C1CC(F)(F)CN1)c1cccc(S(=O)(=O)N(C)C)c1. The summed E-state index contributed by atoms with van der Waals surface area (Å²) in [6, 6.07) is 4.73. The average Bonchev–Trinajstić information content (AvgIpc) is 2.87. The second-order valence-corrected chi connectivity index (χ2v) is 8.24. The van der Waals surface area contributed by atoms with E-state index >= 15 is 0 Å². The van der Waals surface area contributed by atoms with Gasteiger partial charge >= 0.3 is 0 Å². The van der Waals surface area contributed by atoms with E-state index in [4.69, 9.17) is 0 Å². The van der Waals surface area contributed by atoms with Crippen molar-refractivity contribution in [2.24, 2.45) is 0 Å². The largest absolute Gasteiger partial charge is 0.348 e. The molecule has 1 aromatic rings. The molecule has 0 aromatic heterocycles. The Balaban J connectivity index is 2.11. The minimum absolute atomic E-state index is 0.108. The molecule has 1 saturated heterocycles. The number of hydrogen-bond acceptors (Lipinski definition) is 4. The van der Waals surface area contributed by atoms with Crippen LogP contribution in [0.2, 0.25) is 0 Å². The van der Waals surface area contributed by atoms with E-state index in [9.17, 15) is 22.0 Å². The molecule has 1 aliphatic heterocycles. The molecule has 2 atom stereocenters. The van der Waals surface area contributed by atoms with E-state index in [0.717, 1.165) is 4.31 Å². The predicted molar refractivity (Wildman–Crippen MR) is 85.2 cm³/mol. The third-order valence-corrected chi connectivity index (χ3v) is 5.73. The molecule has 134 valence electrons. The highest BCUT2D eigenvalue weighted by Gasteiger charge is 2.42. The van der Waals surface area contributed by atoms with Gasteiger partial charge in [0.2, 0.25) is 15.9 Å². The Labute approximate surface area is 140 Å². The number of benzene rings is 1. The number of hydrogen-bond donors (Lipinski definition) is 2. The van der Waals surface area contributed by atoms with Gasteiger partial charge in [0, 0.05) is 20.5 Å². The number of nitrogens with zero attached hydrogens (tertiary/aromatic N) is 1. The zero-order valence-electron chi connectivity index (χ0n) is 13.7. The van der Waals surface area contributed by atoms with Crippen molar-refractivity contribution in [2.45, 2.75) is 36.2 Å². The topological polar surface area (TPSA) is 78.5 Å². The minimum Gasteiger partial charge on any atom is -0.348 e. The molecule has 0 spiro atoms. The summed E-state index contributed by atoms with van der Waals surface area (Å²) < 4.78 is 51.7. The standard InChI is InChI=1S/C15H21F2N3O3S/c1-10(19-14(21)13-8-15(16,17)9-18-13)11-5-4-6-12(7-11)24(22,23)20(2)3/h4-7,10,13,18H,8-9H2,1-3H3,(H,19,21). The Hall–Kier alpha value is -1.58. The van der Waals surface area contributed by atoms with E-state index < -0.39 is 46.9 Å². The van der Waals surface area contributed by atoms with E-state index in [1.54, 1.807) is 19.1 Å². The monoisotopic (exact) mass is 361 g/mol. The molecule has 0 bridgehead atoms. The lowest BCUT2D eigenvalue weighted by molar-refractivity contribution is -0.124. The van der Waals surface area contributed by atoms with Crippen LogP contribution in [0, 0.1) is 0 Å². The second kappa shape index (κ2) is 6.73. The molecule has 1 amide bonds. The van der Waals surface area contributed by atoms with Crippen molar-refractivity contribution in [1.29, 1.82) is 0 Å². The van der Waals surface area contributed by atoms with Crippen LogP contribution < -0.4 is 10.6 Å². The fourth-order valence-corrected chi connectivity index (χ4v) is 3.41. The van der Waals surface area contributed by atoms with Crippen LogP contribution in [0.15, 0.2) is 29.2 Å². The lowest BCUT2D eigenvalue weighted by Crippen LogP contribution is -2.41. The number of sulfonamides is 1. The van der Waals surface area contributed by atoms with Crippen LogP contribution in [0.4, 0.5) is 8.78 Å². The molecule has 2 rings (SSSR count). The average molecular weight is 361 g/mol.